The smallest absolute Gasteiger partial charge is 0.227 e. The molecule has 244 valence electrons. The Morgan fingerprint density at radius 2 is 0.865 bits per heavy atom. The van der Waals surface area contributed by atoms with E-state index in [1.807, 2.05) is 54.6 Å². The number of aromatic nitrogens is 5. The van der Waals surface area contributed by atoms with Gasteiger partial charge in [-0.25, -0.2) is 24.9 Å². The molecule has 0 atom stereocenters. The van der Waals surface area contributed by atoms with Crippen molar-refractivity contribution in [3.05, 3.63) is 170 Å². The Hall–Kier alpha value is -7.25. The van der Waals surface area contributed by atoms with Crippen LogP contribution < -0.4 is 4.90 Å². The van der Waals surface area contributed by atoms with E-state index in [-0.39, 0.29) is 0 Å². The molecular weight excluding hydrogens is 641 g/mol. The van der Waals surface area contributed by atoms with Gasteiger partial charge in [0.05, 0.1) is 17.1 Å². The lowest BCUT2D eigenvalue weighted by atomic mass is 10.1. The van der Waals surface area contributed by atoms with Crippen molar-refractivity contribution in [2.75, 3.05) is 4.90 Å². The van der Waals surface area contributed by atoms with E-state index >= 15 is 0 Å². The molecule has 0 aliphatic rings. The molecule has 0 bridgehead atoms. The zero-order chi connectivity index (χ0) is 34.4. The van der Waals surface area contributed by atoms with Crippen molar-refractivity contribution < 1.29 is 4.42 Å². The van der Waals surface area contributed by atoms with E-state index in [4.69, 9.17) is 19.4 Å². The van der Waals surface area contributed by atoms with Crippen molar-refractivity contribution in [2.45, 2.75) is 0 Å². The fourth-order valence-corrected chi connectivity index (χ4v) is 6.78. The molecule has 6 aromatic heterocycles. The summed E-state index contributed by atoms with van der Waals surface area (Å²) in [7, 11) is 0. The summed E-state index contributed by atoms with van der Waals surface area (Å²) in [6, 6.07) is 53.8. The van der Waals surface area contributed by atoms with Gasteiger partial charge in [-0.2, -0.15) is 0 Å². The number of hydrogen-bond acceptors (Lipinski definition) is 7. The lowest BCUT2D eigenvalue weighted by molar-refractivity contribution is 0.654. The van der Waals surface area contributed by atoms with Crippen LogP contribution in [0.4, 0.5) is 17.1 Å². The molecule has 0 amide bonds. The number of benzene rings is 4. The van der Waals surface area contributed by atoms with Crippen LogP contribution in [0.3, 0.4) is 0 Å². The van der Waals surface area contributed by atoms with Crippen LogP contribution in [0, 0.1) is 0 Å². The normalized spacial score (nSPS) is 11.5. The molecule has 10 aromatic rings. The van der Waals surface area contributed by atoms with Crippen LogP contribution in [-0.2, 0) is 0 Å². The van der Waals surface area contributed by atoms with E-state index in [0.717, 1.165) is 89.3 Å². The molecule has 0 fully saturated rings. The highest BCUT2D eigenvalue weighted by molar-refractivity contribution is 6.04. The highest BCUT2D eigenvalue weighted by Crippen LogP contribution is 2.38. The molecule has 0 aliphatic heterocycles. The maximum Gasteiger partial charge on any atom is 0.227 e. The van der Waals surface area contributed by atoms with Gasteiger partial charge in [-0.1, -0.05) is 54.6 Å². The minimum atomic E-state index is 0.637. The molecular formula is C45H28N6O. The number of fused-ring (bicyclic) bond motifs is 5. The molecule has 4 aromatic carbocycles. The van der Waals surface area contributed by atoms with Crippen LogP contribution in [-0.4, -0.2) is 24.9 Å². The number of pyridine rings is 5. The van der Waals surface area contributed by atoms with Crippen molar-refractivity contribution in [1.29, 1.82) is 0 Å². The van der Waals surface area contributed by atoms with E-state index in [1.165, 1.54) is 0 Å². The summed E-state index contributed by atoms with van der Waals surface area (Å²) in [5.74, 6) is 0. The highest BCUT2D eigenvalue weighted by Gasteiger charge is 2.16. The van der Waals surface area contributed by atoms with Gasteiger partial charge in [0, 0.05) is 67.7 Å². The van der Waals surface area contributed by atoms with Crippen molar-refractivity contribution in [2.24, 2.45) is 0 Å². The second-order valence-electron chi connectivity index (χ2n) is 12.6. The van der Waals surface area contributed by atoms with Gasteiger partial charge in [0.2, 0.25) is 5.71 Å². The van der Waals surface area contributed by atoms with Gasteiger partial charge in [0.25, 0.3) is 0 Å². The molecule has 10 rings (SSSR count). The van der Waals surface area contributed by atoms with Gasteiger partial charge in [-0.15, -0.1) is 0 Å². The van der Waals surface area contributed by atoms with Crippen LogP contribution in [0.2, 0.25) is 0 Å². The number of anilines is 3. The fourth-order valence-electron chi connectivity index (χ4n) is 6.78. The second-order valence-corrected chi connectivity index (χ2v) is 12.6. The fraction of sp³-hybridized carbons (Fsp3) is 0. The third-order valence-electron chi connectivity index (χ3n) is 9.44. The van der Waals surface area contributed by atoms with Crippen molar-refractivity contribution in [1.82, 2.24) is 24.9 Å². The zero-order valence-corrected chi connectivity index (χ0v) is 27.8. The summed E-state index contributed by atoms with van der Waals surface area (Å²) in [4.78, 5) is 25.7. The molecule has 0 radical (unpaired) electrons. The summed E-state index contributed by atoms with van der Waals surface area (Å²) in [5.41, 5.74) is 11.6. The van der Waals surface area contributed by atoms with E-state index in [1.54, 1.807) is 12.4 Å². The topological polar surface area (TPSA) is 80.8 Å². The molecule has 0 saturated heterocycles. The maximum absolute atomic E-state index is 6.08. The van der Waals surface area contributed by atoms with Gasteiger partial charge < -0.3 is 9.32 Å². The SMILES string of the molecule is c1cnc2nc(-c3ccc(N(c4ccc(-c5ccc6cccnc6n5)cc4)c4ccc(-c5ccc6c(n5)oc5ccccc56)cc4)cc3)ccc2c1. The second kappa shape index (κ2) is 12.3. The first kappa shape index (κ1) is 29.6. The van der Waals surface area contributed by atoms with E-state index in [2.05, 4.69) is 118 Å². The van der Waals surface area contributed by atoms with E-state index < -0.39 is 0 Å². The average molecular weight is 669 g/mol. The third kappa shape index (κ3) is 5.28. The minimum Gasteiger partial charge on any atom is -0.438 e. The number of para-hydroxylation sites is 1. The lowest BCUT2D eigenvalue weighted by Crippen LogP contribution is -2.10. The Balaban J connectivity index is 1.02. The van der Waals surface area contributed by atoms with Crippen LogP contribution in [0.5, 0.6) is 0 Å². The van der Waals surface area contributed by atoms with Gasteiger partial charge in [-0.3, -0.25) is 0 Å². The summed E-state index contributed by atoms with van der Waals surface area (Å²) in [6.07, 6.45) is 3.55. The number of furan rings is 1. The molecule has 0 N–H and O–H groups in total. The van der Waals surface area contributed by atoms with Gasteiger partial charge in [0.15, 0.2) is 11.3 Å². The van der Waals surface area contributed by atoms with Crippen molar-refractivity contribution in [3.8, 4) is 33.8 Å². The van der Waals surface area contributed by atoms with Crippen molar-refractivity contribution in [3.63, 3.8) is 0 Å². The van der Waals surface area contributed by atoms with Crippen molar-refractivity contribution >= 4 is 61.2 Å². The Morgan fingerprint density at radius 3 is 1.40 bits per heavy atom. The summed E-state index contributed by atoms with van der Waals surface area (Å²) >= 11 is 0. The molecule has 0 spiro atoms. The molecule has 6 heterocycles. The number of rotatable bonds is 6. The molecule has 0 aliphatic carbocycles. The standard InChI is InChI=1S/C45H28N6O/c1-2-8-42-37(7-1)38-23-26-41(50-45(38)52-42)31-13-21-36(22-14-31)51(34-17-9-29(10-18-34)39-24-15-32-5-3-27-46-43(32)48-39)35-19-11-30(12-20-35)40-25-16-33-6-4-28-47-44(33)49-40/h1-28H. The van der Waals surface area contributed by atoms with Gasteiger partial charge in [-0.05, 0) is 103 Å². The molecule has 52 heavy (non-hydrogen) atoms. The van der Waals surface area contributed by atoms with E-state index in [9.17, 15) is 0 Å². The van der Waals surface area contributed by atoms with Gasteiger partial charge in [0.1, 0.15) is 5.58 Å². The number of nitrogens with zero attached hydrogens (tertiary/aromatic N) is 6. The number of hydrogen-bond donors (Lipinski definition) is 0. The largest absolute Gasteiger partial charge is 0.438 e. The van der Waals surface area contributed by atoms with Crippen LogP contribution >= 0.6 is 0 Å². The highest BCUT2D eigenvalue weighted by atomic mass is 16.3. The molecule has 7 nitrogen and oxygen atoms in total. The van der Waals surface area contributed by atoms with Crippen LogP contribution in [0.1, 0.15) is 0 Å². The quantitative estimate of drug-likeness (QED) is 0.174. The van der Waals surface area contributed by atoms with Crippen LogP contribution in [0.15, 0.2) is 175 Å². The molecule has 0 saturated carbocycles. The summed E-state index contributed by atoms with van der Waals surface area (Å²) < 4.78 is 6.08. The predicted octanol–water partition coefficient (Wildman–Crippen LogP) is 11.3. The first-order valence-electron chi connectivity index (χ1n) is 17.1. The molecule has 0 unspecified atom stereocenters. The summed E-state index contributed by atoms with van der Waals surface area (Å²) in [5, 5.41) is 4.12. The monoisotopic (exact) mass is 668 g/mol. The Kier molecular flexibility index (Phi) is 6.99. The Morgan fingerprint density at radius 1 is 0.385 bits per heavy atom. The zero-order valence-electron chi connectivity index (χ0n) is 27.8. The summed E-state index contributed by atoms with van der Waals surface area (Å²) in [6.45, 7) is 0. The first-order chi connectivity index (χ1) is 25.7. The first-order valence-corrected chi connectivity index (χ1v) is 17.1. The Labute approximate surface area is 298 Å². The average Bonchev–Trinajstić information content (AvgIpc) is 3.59. The Bertz CT molecular complexity index is 2780. The van der Waals surface area contributed by atoms with Gasteiger partial charge >= 0.3 is 0 Å². The predicted molar refractivity (Wildman–Crippen MR) is 209 cm³/mol. The molecule has 7 heteroatoms. The van der Waals surface area contributed by atoms with E-state index in [0.29, 0.717) is 5.71 Å². The third-order valence-corrected chi connectivity index (χ3v) is 9.44. The lowest BCUT2D eigenvalue weighted by Gasteiger charge is -2.26. The maximum atomic E-state index is 6.08. The minimum absolute atomic E-state index is 0.637. The van der Waals surface area contributed by atoms with Crippen LogP contribution in [0.25, 0.3) is 77.9 Å².